The summed E-state index contributed by atoms with van der Waals surface area (Å²) in [6.45, 7) is 0. The van der Waals surface area contributed by atoms with Crippen molar-refractivity contribution in [3.8, 4) is 11.5 Å². The first-order chi connectivity index (χ1) is 9.78. The van der Waals surface area contributed by atoms with Crippen LogP contribution < -0.4 is 4.74 Å². The fourth-order valence-corrected chi connectivity index (χ4v) is 2.14. The largest absolute Gasteiger partial charge is 0.456 e. The molecular formula is C16H10ClNO2. The Morgan fingerprint density at radius 2 is 1.95 bits per heavy atom. The van der Waals surface area contributed by atoms with Crippen molar-refractivity contribution >= 4 is 28.8 Å². The number of fused-ring (bicyclic) bond motifs is 1. The highest BCUT2D eigenvalue weighted by Gasteiger charge is 2.08. The molecule has 98 valence electrons. The summed E-state index contributed by atoms with van der Waals surface area (Å²) in [5.74, 6) is 1.07. The molecule has 0 amide bonds. The van der Waals surface area contributed by atoms with E-state index in [0.717, 1.165) is 17.2 Å². The number of carbonyl (C=O) groups excluding carboxylic acids is 1. The van der Waals surface area contributed by atoms with E-state index < -0.39 is 0 Å². The molecule has 0 atom stereocenters. The highest BCUT2D eigenvalue weighted by atomic mass is 35.5. The van der Waals surface area contributed by atoms with Gasteiger partial charge < -0.3 is 4.74 Å². The van der Waals surface area contributed by atoms with Crippen molar-refractivity contribution in [3.05, 3.63) is 65.3 Å². The van der Waals surface area contributed by atoms with Gasteiger partial charge in [0.15, 0.2) is 6.29 Å². The van der Waals surface area contributed by atoms with E-state index in [4.69, 9.17) is 16.3 Å². The molecule has 3 rings (SSSR count). The van der Waals surface area contributed by atoms with Gasteiger partial charge in [-0.1, -0.05) is 17.7 Å². The molecule has 0 spiro atoms. The molecule has 1 aromatic heterocycles. The van der Waals surface area contributed by atoms with Crippen LogP contribution in [0.3, 0.4) is 0 Å². The van der Waals surface area contributed by atoms with Gasteiger partial charge in [-0.25, -0.2) is 0 Å². The molecule has 0 saturated carbocycles. The van der Waals surface area contributed by atoms with Crippen LogP contribution >= 0.6 is 11.6 Å². The molecule has 0 saturated heterocycles. The third kappa shape index (κ3) is 2.36. The number of aldehydes is 1. The van der Waals surface area contributed by atoms with Crippen molar-refractivity contribution in [1.29, 1.82) is 0 Å². The van der Waals surface area contributed by atoms with E-state index in [0.29, 0.717) is 22.1 Å². The molecule has 2 aromatic carbocycles. The molecular weight excluding hydrogens is 274 g/mol. The minimum atomic E-state index is 0.434. The summed E-state index contributed by atoms with van der Waals surface area (Å²) in [6, 6.07) is 14.3. The van der Waals surface area contributed by atoms with Crippen molar-refractivity contribution < 1.29 is 9.53 Å². The molecule has 20 heavy (non-hydrogen) atoms. The van der Waals surface area contributed by atoms with E-state index in [1.54, 1.807) is 24.4 Å². The molecule has 0 aliphatic rings. The molecule has 4 heteroatoms. The molecule has 0 N–H and O–H groups in total. The van der Waals surface area contributed by atoms with Gasteiger partial charge in [0.25, 0.3) is 0 Å². The van der Waals surface area contributed by atoms with Crippen molar-refractivity contribution in [3.63, 3.8) is 0 Å². The molecule has 0 bridgehead atoms. The van der Waals surface area contributed by atoms with Crippen molar-refractivity contribution in [2.24, 2.45) is 0 Å². The summed E-state index contributed by atoms with van der Waals surface area (Å²) in [7, 11) is 0. The average Bonchev–Trinajstić information content (AvgIpc) is 2.48. The maximum absolute atomic E-state index is 11.1. The summed E-state index contributed by atoms with van der Waals surface area (Å²) in [4.78, 5) is 15.3. The van der Waals surface area contributed by atoms with Crippen LogP contribution in [0.1, 0.15) is 10.4 Å². The lowest BCUT2D eigenvalue weighted by Crippen LogP contribution is -1.91. The smallest absolute Gasteiger partial charge is 0.153 e. The van der Waals surface area contributed by atoms with E-state index in [1.165, 1.54) is 0 Å². The van der Waals surface area contributed by atoms with Gasteiger partial charge in [0.05, 0.1) is 11.1 Å². The standard InChI is InChI=1S/C16H10ClNO2/c17-12-7-6-11(10-19)16(9-12)20-15-5-1-4-14-13(15)3-2-8-18-14/h1-10H. The predicted molar refractivity (Wildman–Crippen MR) is 78.7 cm³/mol. The highest BCUT2D eigenvalue weighted by Crippen LogP contribution is 2.31. The number of nitrogens with zero attached hydrogens (tertiary/aromatic N) is 1. The van der Waals surface area contributed by atoms with E-state index in [9.17, 15) is 4.79 Å². The normalized spacial score (nSPS) is 10.4. The minimum absolute atomic E-state index is 0.434. The Bertz CT molecular complexity index is 781. The molecule has 0 unspecified atom stereocenters. The van der Waals surface area contributed by atoms with Crippen LogP contribution in [0.4, 0.5) is 0 Å². The van der Waals surface area contributed by atoms with Gasteiger partial charge in [0.2, 0.25) is 0 Å². The minimum Gasteiger partial charge on any atom is -0.456 e. The van der Waals surface area contributed by atoms with Gasteiger partial charge in [0, 0.05) is 22.7 Å². The van der Waals surface area contributed by atoms with Crippen LogP contribution in [-0.2, 0) is 0 Å². The fraction of sp³-hybridized carbons (Fsp3) is 0. The molecule has 3 aromatic rings. The van der Waals surface area contributed by atoms with E-state index >= 15 is 0 Å². The molecule has 0 radical (unpaired) electrons. The zero-order valence-corrected chi connectivity index (χ0v) is 11.2. The lowest BCUT2D eigenvalue weighted by Gasteiger charge is -2.10. The van der Waals surface area contributed by atoms with Crippen LogP contribution in [0.5, 0.6) is 11.5 Å². The van der Waals surface area contributed by atoms with Crippen LogP contribution in [0.15, 0.2) is 54.7 Å². The van der Waals surface area contributed by atoms with Crippen molar-refractivity contribution in [2.75, 3.05) is 0 Å². The number of aromatic nitrogens is 1. The zero-order chi connectivity index (χ0) is 13.9. The van der Waals surface area contributed by atoms with Crippen molar-refractivity contribution in [2.45, 2.75) is 0 Å². The molecule has 3 nitrogen and oxygen atoms in total. The van der Waals surface area contributed by atoms with E-state index in [-0.39, 0.29) is 0 Å². The fourth-order valence-electron chi connectivity index (χ4n) is 1.98. The van der Waals surface area contributed by atoms with Gasteiger partial charge in [-0.05, 0) is 36.4 Å². The second kappa shape index (κ2) is 5.31. The van der Waals surface area contributed by atoms with Crippen molar-refractivity contribution in [1.82, 2.24) is 4.98 Å². The number of hydrogen-bond donors (Lipinski definition) is 0. The first-order valence-corrected chi connectivity index (χ1v) is 6.42. The Morgan fingerprint density at radius 3 is 2.80 bits per heavy atom. The number of rotatable bonds is 3. The van der Waals surface area contributed by atoms with Gasteiger partial charge in [0.1, 0.15) is 11.5 Å². The highest BCUT2D eigenvalue weighted by molar-refractivity contribution is 6.30. The second-order valence-corrected chi connectivity index (χ2v) is 4.66. The molecule has 0 aliphatic carbocycles. The molecule has 0 fully saturated rings. The third-order valence-corrected chi connectivity index (χ3v) is 3.16. The topological polar surface area (TPSA) is 39.2 Å². The van der Waals surface area contributed by atoms with Crippen LogP contribution in [0.25, 0.3) is 10.9 Å². The SMILES string of the molecule is O=Cc1ccc(Cl)cc1Oc1cccc2ncccc12. The number of carbonyl (C=O) groups is 1. The number of halogens is 1. The Kier molecular flexibility index (Phi) is 3.35. The summed E-state index contributed by atoms with van der Waals surface area (Å²) < 4.78 is 5.84. The predicted octanol–water partition coefficient (Wildman–Crippen LogP) is 4.49. The maximum atomic E-state index is 11.1. The molecule has 0 aliphatic heterocycles. The van der Waals surface area contributed by atoms with Crippen LogP contribution in [0.2, 0.25) is 5.02 Å². The summed E-state index contributed by atoms with van der Waals surface area (Å²) in [5, 5.41) is 1.40. The number of pyridine rings is 1. The Labute approximate surface area is 120 Å². The number of ether oxygens (including phenoxy) is 1. The maximum Gasteiger partial charge on any atom is 0.153 e. The summed E-state index contributed by atoms with van der Waals surface area (Å²) >= 11 is 5.95. The summed E-state index contributed by atoms with van der Waals surface area (Å²) in [6.07, 6.45) is 2.47. The van der Waals surface area contributed by atoms with Crippen LogP contribution in [0, 0.1) is 0 Å². The molecule has 1 heterocycles. The second-order valence-electron chi connectivity index (χ2n) is 4.23. The first-order valence-electron chi connectivity index (χ1n) is 6.04. The van der Waals surface area contributed by atoms with Gasteiger partial charge >= 0.3 is 0 Å². The van der Waals surface area contributed by atoms with Crippen LogP contribution in [-0.4, -0.2) is 11.3 Å². The lowest BCUT2D eigenvalue weighted by atomic mass is 10.2. The van der Waals surface area contributed by atoms with Gasteiger partial charge in [-0.15, -0.1) is 0 Å². The third-order valence-electron chi connectivity index (χ3n) is 2.93. The quantitative estimate of drug-likeness (QED) is 0.665. The monoisotopic (exact) mass is 283 g/mol. The van der Waals surface area contributed by atoms with E-state index in [1.807, 2.05) is 30.3 Å². The summed E-state index contributed by atoms with van der Waals surface area (Å²) in [5.41, 5.74) is 1.29. The zero-order valence-electron chi connectivity index (χ0n) is 10.4. The Hall–Kier alpha value is -2.39. The van der Waals surface area contributed by atoms with E-state index in [2.05, 4.69) is 4.98 Å². The average molecular weight is 284 g/mol. The Morgan fingerprint density at radius 1 is 1.05 bits per heavy atom. The Balaban J connectivity index is 2.10. The number of hydrogen-bond acceptors (Lipinski definition) is 3. The number of benzene rings is 2. The van der Waals surface area contributed by atoms with Gasteiger partial charge in [-0.2, -0.15) is 0 Å². The first kappa shape index (κ1) is 12.6. The van der Waals surface area contributed by atoms with Gasteiger partial charge in [-0.3, -0.25) is 9.78 Å². The lowest BCUT2D eigenvalue weighted by molar-refractivity contribution is 0.112.